The van der Waals surface area contributed by atoms with Crippen LogP contribution in [0.3, 0.4) is 0 Å². The monoisotopic (exact) mass is 833 g/mol. The van der Waals surface area contributed by atoms with Crippen LogP contribution in [0.2, 0.25) is 0 Å². The zero-order valence-corrected chi connectivity index (χ0v) is 35.1. The molecule has 316 valence electrons. The first kappa shape index (κ1) is 40.3. The van der Waals surface area contributed by atoms with Crippen molar-refractivity contribution in [2.75, 3.05) is 51.2 Å². The van der Waals surface area contributed by atoms with Gasteiger partial charge in [0, 0.05) is 79.6 Å². The maximum absolute atomic E-state index is 13.9. The minimum absolute atomic E-state index is 0.0775. The molecule has 2 aromatic carbocycles. The lowest BCUT2D eigenvalue weighted by molar-refractivity contribution is -0.384. The number of ether oxygens (including phenoxy) is 2. The van der Waals surface area contributed by atoms with E-state index in [9.17, 15) is 14.9 Å². The third kappa shape index (κ3) is 8.58. The second-order valence-electron chi connectivity index (χ2n) is 17.2. The average molecular weight is 834 g/mol. The van der Waals surface area contributed by atoms with Crippen LogP contribution in [0.5, 0.6) is 5.75 Å². The molecule has 0 radical (unpaired) electrons. The fourth-order valence-corrected chi connectivity index (χ4v) is 10.5. The minimum atomic E-state index is -0.846. The lowest BCUT2D eigenvalue weighted by Crippen LogP contribution is -2.55. The third-order valence-electron chi connectivity index (χ3n) is 13.1. The summed E-state index contributed by atoms with van der Waals surface area (Å²) in [4.78, 5) is 38.9. The van der Waals surface area contributed by atoms with Gasteiger partial charge < -0.3 is 35.3 Å². The van der Waals surface area contributed by atoms with Gasteiger partial charge >= 0.3 is 0 Å². The number of likely N-dealkylation sites (tertiary alicyclic amines) is 2. The summed E-state index contributed by atoms with van der Waals surface area (Å²) in [5.41, 5.74) is 5.44. The molecule has 1 saturated carbocycles. The molecule has 0 bridgehead atoms. The summed E-state index contributed by atoms with van der Waals surface area (Å²) in [6.45, 7) is 10.2. The van der Waals surface area contributed by atoms with Crippen molar-refractivity contribution >= 4 is 40.3 Å². The maximum Gasteiger partial charge on any atom is 0.293 e. The predicted molar refractivity (Wildman–Crippen MR) is 233 cm³/mol. The molecule has 15 heteroatoms. The molecule has 6 heterocycles. The van der Waals surface area contributed by atoms with Crippen LogP contribution in [0.4, 0.5) is 11.4 Å². The number of fused-ring (bicyclic) bond motifs is 1. The standard InChI is InChI=1S/C45H55N9O5S/c1-29(2)36-6-3-4-7-37(36)39-8-5-16-53(39)32-23-45(24-32)12-17-52(18-13-45)31-21-41(59-33-20-30-11-14-47-43(30)50-27-33)42(49-25-31)44(55)51-60-35-9-10-38(40(22-35)54(56)57)48-28-34-26-46-15-19-58-34/h3-4,6-7,9-11,14,20-22,25,27,29,32,34,39,42,46,48-49H,5,8,12-13,15-19,23-24,26,28H2,1-2H3,(H,47,50)(H,51,55). The first-order valence-corrected chi connectivity index (χ1v) is 22.2. The molecule has 3 atom stereocenters. The number of morpholine rings is 1. The number of amides is 1. The van der Waals surface area contributed by atoms with Crippen molar-refractivity contribution in [1.29, 1.82) is 0 Å². The quantitative estimate of drug-likeness (QED) is 0.0535. The maximum atomic E-state index is 13.9. The van der Waals surface area contributed by atoms with E-state index in [1.807, 2.05) is 30.6 Å². The van der Waals surface area contributed by atoms with Gasteiger partial charge in [0.05, 0.1) is 29.5 Å². The SMILES string of the molecule is CC(C)c1ccccc1C1CCCN1C1CC2(CCN(C3=CNC(C(=O)NSc4ccc(NCC5CNCCO5)c([N+](=O)[O-])c4)C(Oc4cnc5[nH]ccc5c4)=C3)CC2)C1. The molecule has 4 fully saturated rings. The fraction of sp³-hybridized carbons (Fsp3) is 0.467. The number of nitro groups is 1. The summed E-state index contributed by atoms with van der Waals surface area (Å²) in [6, 6.07) is 18.1. The van der Waals surface area contributed by atoms with E-state index >= 15 is 0 Å². The Hall–Kier alpha value is -5.09. The zero-order chi connectivity index (χ0) is 41.2. The molecule has 1 spiro atoms. The highest BCUT2D eigenvalue weighted by molar-refractivity contribution is 7.98. The number of benzene rings is 2. The van der Waals surface area contributed by atoms with Crippen LogP contribution in [-0.4, -0.2) is 94.7 Å². The highest BCUT2D eigenvalue weighted by atomic mass is 32.2. The summed E-state index contributed by atoms with van der Waals surface area (Å²) in [6.07, 6.45) is 14.6. The van der Waals surface area contributed by atoms with Gasteiger partial charge in [-0.1, -0.05) is 38.1 Å². The third-order valence-corrected chi connectivity index (χ3v) is 13.9. The lowest BCUT2D eigenvalue weighted by atomic mass is 9.59. The Morgan fingerprint density at radius 3 is 2.78 bits per heavy atom. The molecule has 14 nitrogen and oxygen atoms in total. The number of nitrogens with zero attached hydrogens (tertiary/aromatic N) is 4. The molecule has 3 saturated heterocycles. The second-order valence-corrected chi connectivity index (χ2v) is 18.1. The van der Waals surface area contributed by atoms with Crippen molar-refractivity contribution in [3.05, 3.63) is 112 Å². The summed E-state index contributed by atoms with van der Waals surface area (Å²) in [7, 11) is 0. The number of carbonyl (C=O) groups is 1. The van der Waals surface area contributed by atoms with Gasteiger partial charge in [0.25, 0.3) is 11.6 Å². The number of carbonyl (C=O) groups excluding carboxylic acids is 1. The van der Waals surface area contributed by atoms with E-state index in [1.165, 1.54) is 49.4 Å². The molecule has 5 aliphatic rings. The van der Waals surface area contributed by atoms with Crippen molar-refractivity contribution in [2.45, 2.75) is 87.4 Å². The molecule has 5 N–H and O–H groups in total. The lowest BCUT2D eigenvalue weighted by Gasteiger charge is -2.56. The molecule has 1 aliphatic carbocycles. The number of piperidine rings is 1. The molecule has 2 aromatic heterocycles. The Kier molecular flexibility index (Phi) is 11.7. The van der Waals surface area contributed by atoms with E-state index in [2.05, 4.69) is 78.6 Å². The van der Waals surface area contributed by atoms with Crippen molar-refractivity contribution in [3.63, 3.8) is 0 Å². The molecular formula is C45H55N9O5S. The first-order chi connectivity index (χ1) is 29.2. The Morgan fingerprint density at radius 1 is 1.13 bits per heavy atom. The first-order valence-electron chi connectivity index (χ1n) is 21.4. The average Bonchev–Trinajstić information content (AvgIpc) is 3.95. The van der Waals surface area contributed by atoms with Crippen molar-refractivity contribution in [3.8, 4) is 5.75 Å². The number of anilines is 1. The van der Waals surface area contributed by atoms with Gasteiger partial charge in [0.2, 0.25) is 0 Å². The van der Waals surface area contributed by atoms with E-state index in [0.29, 0.717) is 65.2 Å². The normalized spacial score (nSPS) is 23.2. The number of aromatic nitrogens is 2. The Bertz CT molecular complexity index is 2260. The molecule has 60 heavy (non-hydrogen) atoms. The predicted octanol–water partition coefficient (Wildman–Crippen LogP) is 6.98. The largest absolute Gasteiger partial charge is 0.457 e. The summed E-state index contributed by atoms with van der Waals surface area (Å²) in [5.74, 6) is 1.13. The number of nitrogens with one attached hydrogen (secondary N) is 5. The Morgan fingerprint density at radius 2 is 1.98 bits per heavy atom. The second kappa shape index (κ2) is 17.5. The van der Waals surface area contributed by atoms with Crippen LogP contribution < -0.4 is 25.4 Å². The number of H-pyrrole nitrogens is 1. The van der Waals surface area contributed by atoms with Gasteiger partial charge in [-0.2, -0.15) is 0 Å². The fourth-order valence-electron chi connectivity index (χ4n) is 9.85. The molecule has 9 rings (SSSR count). The molecule has 1 amide bonds. The van der Waals surface area contributed by atoms with Crippen LogP contribution in [-0.2, 0) is 9.53 Å². The van der Waals surface area contributed by atoms with Crippen LogP contribution in [0, 0.1) is 15.5 Å². The summed E-state index contributed by atoms with van der Waals surface area (Å²) in [5, 5.41) is 22.7. The van der Waals surface area contributed by atoms with Gasteiger partial charge in [0.15, 0.2) is 6.04 Å². The highest BCUT2D eigenvalue weighted by Gasteiger charge is 2.50. The number of rotatable bonds is 13. The number of dihydropyridines is 1. The van der Waals surface area contributed by atoms with Crippen molar-refractivity contribution in [2.24, 2.45) is 5.41 Å². The van der Waals surface area contributed by atoms with E-state index in [4.69, 9.17) is 9.47 Å². The van der Waals surface area contributed by atoms with Crippen LogP contribution >= 0.6 is 11.9 Å². The molecular weight excluding hydrogens is 779 g/mol. The summed E-state index contributed by atoms with van der Waals surface area (Å²) < 4.78 is 15.1. The van der Waals surface area contributed by atoms with E-state index in [-0.39, 0.29) is 17.7 Å². The van der Waals surface area contributed by atoms with Crippen molar-refractivity contribution in [1.82, 2.24) is 35.1 Å². The molecule has 3 unspecified atom stereocenters. The molecule has 4 aliphatic heterocycles. The number of hydrogen-bond acceptors (Lipinski definition) is 12. The number of aromatic amines is 1. The van der Waals surface area contributed by atoms with Crippen LogP contribution in [0.15, 0.2) is 95.6 Å². The Labute approximate surface area is 355 Å². The smallest absolute Gasteiger partial charge is 0.293 e. The molecule has 4 aromatic rings. The van der Waals surface area contributed by atoms with E-state index in [1.54, 1.807) is 18.3 Å². The van der Waals surface area contributed by atoms with Crippen molar-refractivity contribution < 1.29 is 19.2 Å². The number of hydrogen-bond donors (Lipinski definition) is 5. The van der Waals surface area contributed by atoms with Gasteiger partial charge in [0.1, 0.15) is 22.8 Å². The highest BCUT2D eigenvalue weighted by Crippen LogP contribution is 2.54. The summed E-state index contributed by atoms with van der Waals surface area (Å²) >= 11 is 1.03. The van der Waals surface area contributed by atoms with Gasteiger partial charge in [-0.3, -0.25) is 24.5 Å². The number of nitro benzene ring substituents is 1. The van der Waals surface area contributed by atoms with Gasteiger partial charge in [-0.05, 0) is 104 Å². The van der Waals surface area contributed by atoms with E-state index in [0.717, 1.165) is 61.2 Å². The van der Waals surface area contributed by atoms with Gasteiger partial charge in [-0.25, -0.2) is 4.98 Å². The number of allylic oxidation sites excluding steroid dienone is 1. The Balaban J connectivity index is 0.848. The van der Waals surface area contributed by atoms with Gasteiger partial charge in [-0.15, -0.1) is 0 Å². The minimum Gasteiger partial charge on any atom is -0.457 e. The van der Waals surface area contributed by atoms with Crippen LogP contribution in [0.1, 0.15) is 75.5 Å². The number of pyridine rings is 1. The van der Waals surface area contributed by atoms with E-state index < -0.39 is 11.0 Å². The topological polar surface area (TPSA) is 162 Å². The zero-order valence-electron chi connectivity index (χ0n) is 34.3. The van der Waals surface area contributed by atoms with Crippen LogP contribution in [0.25, 0.3) is 11.0 Å².